The molecule has 1 aromatic carbocycles. The van der Waals surface area contributed by atoms with Crippen molar-refractivity contribution in [2.45, 2.75) is 32.1 Å². The molecule has 3 heterocycles. The second kappa shape index (κ2) is 9.51. The van der Waals surface area contributed by atoms with Gasteiger partial charge in [0.1, 0.15) is 5.75 Å². The van der Waals surface area contributed by atoms with E-state index in [1.165, 1.54) is 0 Å². The van der Waals surface area contributed by atoms with E-state index < -0.39 is 0 Å². The number of aromatic nitrogens is 2. The van der Waals surface area contributed by atoms with Crippen LogP contribution in [0.25, 0.3) is 0 Å². The third kappa shape index (κ3) is 4.74. The zero-order valence-corrected chi connectivity index (χ0v) is 18.2. The molecule has 0 spiro atoms. The summed E-state index contributed by atoms with van der Waals surface area (Å²) in [6.45, 7) is 5.72. The van der Waals surface area contributed by atoms with E-state index in [0.717, 1.165) is 35.4 Å². The molecule has 0 radical (unpaired) electrons. The van der Waals surface area contributed by atoms with Crippen LogP contribution in [0.4, 0.5) is 0 Å². The lowest BCUT2D eigenvalue weighted by molar-refractivity contribution is -0.131. The minimum atomic E-state index is 0.0112. The number of carbonyl (C=O) groups is 2. The molecule has 0 bridgehead atoms. The van der Waals surface area contributed by atoms with Crippen molar-refractivity contribution in [2.24, 2.45) is 0 Å². The molecule has 2 fully saturated rings. The van der Waals surface area contributed by atoms with Crippen LogP contribution in [0.3, 0.4) is 0 Å². The third-order valence-electron chi connectivity index (χ3n) is 6.23. The number of nitrogens with zero attached hydrogens (tertiary/aromatic N) is 3. The Morgan fingerprint density at radius 1 is 1.16 bits per heavy atom. The molecule has 1 aromatic heterocycles. The quantitative estimate of drug-likeness (QED) is 0.792. The van der Waals surface area contributed by atoms with Gasteiger partial charge in [0, 0.05) is 37.7 Å². The molecule has 2 saturated heterocycles. The van der Waals surface area contributed by atoms with E-state index in [0.29, 0.717) is 51.4 Å². The van der Waals surface area contributed by atoms with Crippen molar-refractivity contribution in [1.29, 1.82) is 0 Å². The molecule has 2 amide bonds. The molecule has 0 saturated carbocycles. The largest absolute Gasteiger partial charge is 0.496 e. The van der Waals surface area contributed by atoms with E-state index in [9.17, 15) is 9.59 Å². The van der Waals surface area contributed by atoms with Gasteiger partial charge >= 0.3 is 0 Å². The molecule has 2 aliphatic heterocycles. The first-order valence-electron chi connectivity index (χ1n) is 10.9. The highest BCUT2D eigenvalue weighted by molar-refractivity contribution is 5.95. The lowest BCUT2D eigenvalue weighted by Crippen LogP contribution is -2.41. The Hall–Kier alpha value is -2.87. The van der Waals surface area contributed by atoms with Gasteiger partial charge in [-0.1, -0.05) is 17.7 Å². The smallest absolute Gasteiger partial charge is 0.257 e. The maximum absolute atomic E-state index is 12.9. The van der Waals surface area contributed by atoms with Crippen molar-refractivity contribution in [3.63, 3.8) is 0 Å². The van der Waals surface area contributed by atoms with Crippen LogP contribution < -0.4 is 4.74 Å². The first-order valence-corrected chi connectivity index (χ1v) is 10.9. The Kier molecular flexibility index (Phi) is 6.56. The molecule has 8 heteroatoms. The molecule has 2 aromatic rings. The third-order valence-corrected chi connectivity index (χ3v) is 6.23. The number of carbonyl (C=O) groups excluding carboxylic acids is 2. The maximum Gasteiger partial charge on any atom is 0.257 e. The van der Waals surface area contributed by atoms with Gasteiger partial charge in [-0.15, -0.1) is 0 Å². The Balaban J connectivity index is 1.37. The molecule has 31 heavy (non-hydrogen) atoms. The van der Waals surface area contributed by atoms with Crippen LogP contribution in [-0.2, 0) is 16.0 Å². The van der Waals surface area contributed by atoms with Gasteiger partial charge in [0.05, 0.1) is 44.2 Å². The van der Waals surface area contributed by atoms with E-state index in [1.54, 1.807) is 13.3 Å². The number of likely N-dealkylation sites (tertiary alicyclic amines) is 1. The normalized spacial score (nSPS) is 17.6. The number of aromatic amines is 1. The van der Waals surface area contributed by atoms with Gasteiger partial charge < -0.3 is 19.3 Å². The van der Waals surface area contributed by atoms with E-state index in [-0.39, 0.29) is 17.7 Å². The molecule has 0 atom stereocenters. The molecule has 166 valence electrons. The van der Waals surface area contributed by atoms with Crippen molar-refractivity contribution in [3.05, 3.63) is 46.8 Å². The van der Waals surface area contributed by atoms with Gasteiger partial charge in [0.25, 0.3) is 5.91 Å². The molecule has 0 unspecified atom stereocenters. The van der Waals surface area contributed by atoms with Crippen molar-refractivity contribution in [1.82, 2.24) is 20.0 Å². The number of benzene rings is 1. The Morgan fingerprint density at radius 3 is 2.61 bits per heavy atom. The van der Waals surface area contributed by atoms with E-state index >= 15 is 0 Å². The predicted molar refractivity (Wildman–Crippen MR) is 115 cm³/mol. The number of nitrogens with one attached hydrogen (secondary N) is 1. The first-order chi connectivity index (χ1) is 15.1. The topological polar surface area (TPSA) is 87.8 Å². The van der Waals surface area contributed by atoms with Crippen LogP contribution in [0, 0.1) is 6.92 Å². The summed E-state index contributed by atoms with van der Waals surface area (Å²) in [6, 6.07) is 5.91. The number of ether oxygens (including phenoxy) is 2. The summed E-state index contributed by atoms with van der Waals surface area (Å²) in [7, 11) is 1.63. The number of piperidine rings is 1. The number of H-pyrrole nitrogens is 1. The molecule has 0 aliphatic carbocycles. The Bertz CT molecular complexity index is 927. The van der Waals surface area contributed by atoms with Gasteiger partial charge in [0.2, 0.25) is 5.91 Å². The van der Waals surface area contributed by atoms with E-state index in [4.69, 9.17) is 9.47 Å². The fraction of sp³-hybridized carbons (Fsp3) is 0.522. The first kappa shape index (κ1) is 21.4. The van der Waals surface area contributed by atoms with Gasteiger partial charge in [0.15, 0.2) is 0 Å². The SMILES string of the molecule is COc1ccc(C)cc1CC(=O)N1CCC(c2[nH]ncc2C(=O)N2CCOCC2)CC1. The second-order valence-corrected chi connectivity index (χ2v) is 8.25. The van der Waals surface area contributed by atoms with Gasteiger partial charge in [-0.3, -0.25) is 14.7 Å². The van der Waals surface area contributed by atoms with Crippen LogP contribution >= 0.6 is 0 Å². The summed E-state index contributed by atoms with van der Waals surface area (Å²) in [5.74, 6) is 1.06. The van der Waals surface area contributed by atoms with Gasteiger partial charge in [-0.05, 0) is 25.8 Å². The molecular weight excluding hydrogens is 396 g/mol. The predicted octanol–water partition coefficient (Wildman–Crippen LogP) is 2.15. The van der Waals surface area contributed by atoms with Crippen molar-refractivity contribution >= 4 is 11.8 Å². The highest BCUT2D eigenvalue weighted by Crippen LogP contribution is 2.30. The minimum Gasteiger partial charge on any atom is -0.496 e. The van der Waals surface area contributed by atoms with Crippen LogP contribution in [0.15, 0.2) is 24.4 Å². The van der Waals surface area contributed by atoms with E-state index in [1.807, 2.05) is 34.9 Å². The van der Waals surface area contributed by atoms with Crippen molar-refractivity contribution in [3.8, 4) is 5.75 Å². The van der Waals surface area contributed by atoms with Gasteiger partial charge in [-0.25, -0.2) is 0 Å². The Morgan fingerprint density at radius 2 is 1.90 bits per heavy atom. The lowest BCUT2D eigenvalue weighted by atomic mass is 9.90. The number of amides is 2. The highest BCUT2D eigenvalue weighted by Gasteiger charge is 2.30. The van der Waals surface area contributed by atoms with E-state index in [2.05, 4.69) is 10.2 Å². The van der Waals surface area contributed by atoms with Crippen LogP contribution in [-0.4, -0.2) is 78.3 Å². The van der Waals surface area contributed by atoms with Crippen LogP contribution in [0.1, 0.15) is 45.9 Å². The maximum atomic E-state index is 12.9. The summed E-state index contributed by atoms with van der Waals surface area (Å²) in [4.78, 5) is 29.6. The summed E-state index contributed by atoms with van der Waals surface area (Å²) >= 11 is 0. The molecule has 1 N–H and O–H groups in total. The number of methoxy groups -OCH3 is 1. The molecule has 2 aliphatic rings. The zero-order chi connectivity index (χ0) is 21.8. The van der Waals surface area contributed by atoms with Crippen LogP contribution in [0.2, 0.25) is 0 Å². The zero-order valence-electron chi connectivity index (χ0n) is 18.2. The average molecular weight is 427 g/mol. The number of hydrogen-bond acceptors (Lipinski definition) is 5. The highest BCUT2D eigenvalue weighted by atomic mass is 16.5. The molecular formula is C23H30N4O4. The number of hydrogen-bond donors (Lipinski definition) is 1. The number of aryl methyl sites for hydroxylation is 1. The fourth-order valence-corrected chi connectivity index (χ4v) is 4.45. The monoisotopic (exact) mass is 426 g/mol. The summed E-state index contributed by atoms with van der Waals surface area (Å²) < 4.78 is 10.8. The Labute approximate surface area is 182 Å². The van der Waals surface area contributed by atoms with Crippen molar-refractivity contribution < 1.29 is 19.1 Å². The minimum absolute atomic E-state index is 0.0112. The van der Waals surface area contributed by atoms with Crippen molar-refractivity contribution in [2.75, 3.05) is 46.5 Å². The standard InChI is InChI=1S/C23H30N4O4/c1-16-3-4-20(30-2)18(13-16)14-21(28)26-7-5-17(6-8-26)22-19(15-24-25-22)23(29)27-9-11-31-12-10-27/h3-4,13,15,17H,5-12,14H2,1-2H3,(H,24,25). The lowest BCUT2D eigenvalue weighted by Gasteiger charge is -2.32. The average Bonchev–Trinajstić information content (AvgIpc) is 3.29. The fourth-order valence-electron chi connectivity index (χ4n) is 4.45. The summed E-state index contributed by atoms with van der Waals surface area (Å²) in [5, 5.41) is 7.20. The number of morpholine rings is 1. The summed E-state index contributed by atoms with van der Waals surface area (Å²) in [6.07, 6.45) is 3.58. The molecule has 4 rings (SSSR count). The molecule has 8 nitrogen and oxygen atoms in total. The summed E-state index contributed by atoms with van der Waals surface area (Å²) in [5.41, 5.74) is 3.57. The second-order valence-electron chi connectivity index (χ2n) is 8.25. The van der Waals surface area contributed by atoms with Gasteiger partial charge in [-0.2, -0.15) is 5.10 Å². The number of rotatable bonds is 5. The van der Waals surface area contributed by atoms with Crippen LogP contribution in [0.5, 0.6) is 5.75 Å².